The van der Waals surface area contributed by atoms with Crippen molar-refractivity contribution >= 4 is 27.8 Å². The topological polar surface area (TPSA) is 133 Å². The van der Waals surface area contributed by atoms with Gasteiger partial charge in [0.2, 0.25) is 21.9 Å². The van der Waals surface area contributed by atoms with Gasteiger partial charge in [-0.25, -0.2) is 18.4 Å². The normalized spacial score (nSPS) is 14.9. The molecule has 1 atom stereocenters. The Morgan fingerprint density at radius 3 is 2.03 bits per heavy atom. The lowest BCUT2D eigenvalue weighted by molar-refractivity contribution is -0.141. The highest BCUT2D eigenvalue weighted by atomic mass is 32.2. The summed E-state index contributed by atoms with van der Waals surface area (Å²) in [5.74, 6) is -0.762. The van der Waals surface area contributed by atoms with Gasteiger partial charge in [0.05, 0.1) is 5.92 Å². The standard InChI is InChI=1S/C16H21N5O3S.C7H12O2.C4H8/c1-14(15(22)17-2)6-3-4-13-25(23,24)21-11-9-20(10-12-21)16-18-7-5-8-19-16;1-4-6(5(2)3)7(8)9;1-3-4-2/h3-8,13H,1,9-12H2,2H3,(H,17,22);4-6H,1H2,2-3H3,(H,8,9);3-4H,1-2H3/b6-3-,13-4+;;4-3-. The number of hydrogen-bond acceptors (Lipinski definition) is 7. The van der Waals surface area contributed by atoms with Crippen molar-refractivity contribution < 1.29 is 23.1 Å². The van der Waals surface area contributed by atoms with Gasteiger partial charge < -0.3 is 15.3 Å². The smallest absolute Gasteiger partial charge is 0.310 e. The fourth-order valence-corrected chi connectivity index (χ4v) is 4.03. The third kappa shape index (κ3) is 13.1. The summed E-state index contributed by atoms with van der Waals surface area (Å²) in [6.45, 7) is 16.5. The fraction of sp³-hybridized carbons (Fsp3) is 0.407. The van der Waals surface area contributed by atoms with Crippen LogP contribution >= 0.6 is 0 Å². The second kappa shape index (κ2) is 18.6. The van der Waals surface area contributed by atoms with Gasteiger partial charge in [-0.3, -0.25) is 9.59 Å². The van der Waals surface area contributed by atoms with Crippen LogP contribution in [0.25, 0.3) is 0 Å². The van der Waals surface area contributed by atoms with Crippen LogP contribution in [0.15, 0.2) is 79.1 Å². The zero-order chi connectivity index (χ0) is 29.1. The summed E-state index contributed by atoms with van der Waals surface area (Å²) in [4.78, 5) is 31.9. The summed E-state index contributed by atoms with van der Waals surface area (Å²) in [6.07, 6.45) is 13.1. The molecule has 1 aromatic rings. The molecule has 1 saturated heterocycles. The lowest BCUT2D eigenvalue weighted by Gasteiger charge is -2.33. The average molecular weight is 548 g/mol. The van der Waals surface area contributed by atoms with Crippen molar-refractivity contribution in [3.63, 3.8) is 0 Å². The van der Waals surface area contributed by atoms with Crippen molar-refractivity contribution in [2.45, 2.75) is 27.7 Å². The van der Waals surface area contributed by atoms with E-state index in [1.807, 2.05) is 44.7 Å². The van der Waals surface area contributed by atoms with E-state index in [-0.39, 0.29) is 17.4 Å². The third-order valence-corrected chi connectivity index (χ3v) is 6.79. The van der Waals surface area contributed by atoms with E-state index >= 15 is 0 Å². The number of carboxylic acid groups (broad SMARTS) is 1. The van der Waals surface area contributed by atoms with Gasteiger partial charge >= 0.3 is 5.97 Å². The molecule has 1 aliphatic rings. The van der Waals surface area contributed by atoms with Gasteiger partial charge in [0.25, 0.3) is 0 Å². The molecule has 1 unspecified atom stereocenters. The highest BCUT2D eigenvalue weighted by Crippen LogP contribution is 2.13. The van der Waals surface area contributed by atoms with Gasteiger partial charge in [-0.2, -0.15) is 4.31 Å². The van der Waals surface area contributed by atoms with Crippen LogP contribution in [0.2, 0.25) is 0 Å². The second-order valence-corrected chi connectivity index (χ2v) is 10.1. The number of carboxylic acids is 1. The zero-order valence-corrected chi connectivity index (χ0v) is 23.8. The summed E-state index contributed by atoms with van der Waals surface area (Å²) in [7, 11) is -2.01. The summed E-state index contributed by atoms with van der Waals surface area (Å²) in [5.41, 5.74) is 0.251. The van der Waals surface area contributed by atoms with Gasteiger partial charge in [0.1, 0.15) is 0 Å². The number of likely N-dealkylation sites (N-methyl/N-ethyl adjacent to an activating group) is 1. The second-order valence-electron chi connectivity index (χ2n) is 8.28. The quantitative estimate of drug-likeness (QED) is 0.273. The number of sulfonamides is 1. The van der Waals surface area contributed by atoms with E-state index in [1.165, 1.54) is 35.7 Å². The van der Waals surface area contributed by atoms with Crippen LogP contribution in [-0.4, -0.2) is 72.9 Å². The van der Waals surface area contributed by atoms with Gasteiger partial charge in [-0.15, -0.1) is 6.58 Å². The molecule has 0 aliphatic carbocycles. The molecule has 1 aliphatic heterocycles. The van der Waals surface area contributed by atoms with Crippen molar-refractivity contribution in [1.29, 1.82) is 0 Å². The maximum absolute atomic E-state index is 12.3. The molecule has 210 valence electrons. The molecular weight excluding hydrogens is 506 g/mol. The number of nitrogens with zero attached hydrogens (tertiary/aromatic N) is 4. The third-order valence-electron chi connectivity index (χ3n) is 5.20. The SMILES string of the molecule is C/C=C\C.C=C(/C=C\C=C\S(=O)(=O)N1CCN(c2ncccn2)CC1)C(=O)NC.C=CC(C(=O)O)C(C)C. The first-order valence-corrected chi connectivity index (χ1v) is 13.7. The first-order valence-electron chi connectivity index (χ1n) is 12.2. The molecule has 1 fully saturated rings. The molecule has 0 radical (unpaired) electrons. The van der Waals surface area contributed by atoms with Crippen molar-refractivity contribution in [3.05, 3.63) is 79.1 Å². The largest absolute Gasteiger partial charge is 0.481 e. The Hall–Kier alpha value is -3.57. The highest BCUT2D eigenvalue weighted by molar-refractivity contribution is 7.92. The van der Waals surface area contributed by atoms with Crippen molar-refractivity contribution in [3.8, 4) is 0 Å². The predicted molar refractivity (Wildman–Crippen MR) is 153 cm³/mol. The number of piperazine rings is 1. The van der Waals surface area contributed by atoms with Crippen LogP contribution in [0.4, 0.5) is 5.95 Å². The number of carbonyl (C=O) groups excluding carboxylic acids is 1. The van der Waals surface area contributed by atoms with Crippen LogP contribution in [0.3, 0.4) is 0 Å². The predicted octanol–water partition coefficient (Wildman–Crippen LogP) is 3.41. The van der Waals surface area contributed by atoms with E-state index in [0.717, 1.165) is 5.41 Å². The number of hydrogen-bond donors (Lipinski definition) is 2. The number of carbonyl (C=O) groups is 2. The number of amides is 1. The minimum Gasteiger partial charge on any atom is -0.481 e. The van der Waals surface area contributed by atoms with E-state index in [4.69, 9.17) is 5.11 Å². The van der Waals surface area contributed by atoms with Crippen LogP contribution in [0.1, 0.15) is 27.7 Å². The van der Waals surface area contributed by atoms with Gasteiger partial charge in [0.15, 0.2) is 0 Å². The maximum atomic E-state index is 12.3. The Morgan fingerprint density at radius 1 is 1.08 bits per heavy atom. The molecule has 1 aromatic heterocycles. The summed E-state index contributed by atoms with van der Waals surface area (Å²) in [5, 5.41) is 12.0. The van der Waals surface area contributed by atoms with E-state index in [2.05, 4.69) is 28.4 Å². The van der Waals surface area contributed by atoms with Crippen molar-refractivity contribution in [2.24, 2.45) is 11.8 Å². The Labute approximate surface area is 227 Å². The molecule has 11 heteroatoms. The fourth-order valence-electron chi connectivity index (χ4n) is 2.89. The molecule has 2 N–H and O–H groups in total. The molecule has 2 rings (SSSR count). The van der Waals surface area contributed by atoms with E-state index in [9.17, 15) is 18.0 Å². The molecule has 0 aromatic carbocycles. The highest BCUT2D eigenvalue weighted by Gasteiger charge is 2.25. The summed E-state index contributed by atoms with van der Waals surface area (Å²) in [6, 6.07) is 1.74. The summed E-state index contributed by atoms with van der Waals surface area (Å²) >= 11 is 0. The van der Waals surface area contributed by atoms with E-state index < -0.39 is 21.9 Å². The molecule has 0 saturated carbocycles. The molecule has 1 amide bonds. The number of aromatic nitrogens is 2. The Morgan fingerprint density at radius 2 is 1.63 bits per heavy atom. The van der Waals surface area contributed by atoms with Crippen molar-refractivity contribution in [2.75, 3.05) is 38.1 Å². The first-order chi connectivity index (χ1) is 17.9. The Balaban J connectivity index is 0.000000875. The van der Waals surface area contributed by atoms with E-state index in [1.54, 1.807) is 18.5 Å². The number of aliphatic carboxylic acids is 1. The summed E-state index contributed by atoms with van der Waals surface area (Å²) < 4.78 is 26.0. The van der Waals surface area contributed by atoms with Crippen molar-refractivity contribution in [1.82, 2.24) is 19.6 Å². The number of rotatable bonds is 9. The number of nitrogens with one attached hydrogen (secondary N) is 1. The lowest BCUT2D eigenvalue weighted by atomic mass is 9.97. The average Bonchev–Trinajstić information content (AvgIpc) is 2.91. The minimum atomic E-state index is -3.51. The molecule has 10 nitrogen and oxygen atoms in total. The van der Waals surface area contributed by atoms with Crippen LogP contribution in [-0.2, 0) is 19.6 Å². The Bertz CT molecular complexity index is 1070. The van der Waals surface area contributed by atoms with Gasteiger partial charge in [-0.05, 0) is 31.9 Å². The van der Waals surface area contributed by atoms with E-state index in [0.29, 0.717) is 32.1 Å². The Kier molecular flexibility index (Phi) is 16.9. The molecule has 0 spiro atoms. The maximum Gasteiger partial charge on any atom is 0.310 e. The van der Waals surface area contributed by atoms with Crippen LogP contribution < -0.4 is 10.2 Å². The zero-order valence-electron chi connectivity index (χ0n) is 22.9. The minimum absolute atomic E-state index is 0.139. The number of anilines is 1. The van der Waals surface area contributed by atoms with Gasteiger partial charge in [-0.1, -0.05) is 50.8 Å². The van der Waals surface area contributed by atoms with Gasteiger partial charge in [0, 0.05) is 56.6 Å². The molecule has 0 bridgehead atoms. The molecule has 2 heterocycles. The monoisotopic (exact) mass is 547 g/mol. The van der Waals surface area contributed by atoms with Crippen LogP contribution in [0.5, 0.6) is 0 Å². The first kappa shape index (κ1) is 34.4. The number of allylic oxidation sites excluding steroid dienone is 4. The molecule has 38 heavy (non-hydrogen) atoms. The molecular formula is C27H41N5O5S. The lowest BCUT2D eigenvalue weighted by Crippen LogP contribution is -2.48. The van der Waals surface area contributed by atoms with Crippen LogP contribution in [0, 0.1) is 11.8 Å².